The van der Waals surface area contributed by atoms with E-state index in [0.29, 0.717) is 22.4 Å². The minimum Gasteiger partial charge on any atom is -0.505 e. The number of hydrogen-bond acceptors (Lipinski definition) is 6. The maximum absolute atomic E-state index is 11.2. The van der Waals surface area contributed by atoms with Crippen LogP contribution in [0.25, 0.3) is 27.7 Å². The van der Waals surface area contributed by atoms with Gasteiger partial charge in [0.2, 0.25) is 5.88 Å². The average molecular weight is 508 g/mol. The lowest BCUT2D eigenvalue weighted by Gasteiger charge is -2.10. The Balaban J connectivity index is 1.55. The van der Waals surface area contributed by atoms with Gasteiger partial charge in [-0.15, -0.1) is 10.2 Å². The van der Waals surface area contributed by atoms with Crippen molar-refractivity contribution in [3.63, 3.8) is 0 Å². The number of carbonyl (C=O) groups is 1. The number of benzene rings is 4. The molecule has 0 saturated heterocycles. The van der Waals surface area contributed by atoms with Crippen LogP contribution in [0.4, 0.5) is 16.2 Å². The molecule has 0 aliphatic rings. The van der Waals surface area contributed by atoms with Crippen molar-refractivity contribution < 1.29 is 24.9 Å². The minimum absolute atomic E-state index is 0.0681. The van der Waals surface area contributed by atoms with Crippen LogP contribution in [0.3, 0.4) is 0 Å². The molecule has 0 saturated carbocycles. The summed E-state index contributed by atoms with van der Waals surface area (Å²) in [5.74, 6) is 0.303. The molecular formula is C30H25N3O5. The summed E-state index contributed by atoms with van der Waals surface area (Å²) in [6.45, 7) is 4.25. The third-order valence-electron chi connectivity index (χ3n) is 6.26. The highest BCUT2D eigenvalue weighted by molar-refractivity contribution is 5.96. The van der Waals surface area contributed by atoms with E-state index in [0.717, 1.165) is 11.2 Å². The molecule has 4 aromatic carbocycles. The Labute approximate surface area is 218 Å². The lowest BCUT2D eigenvalue weighted by Crippen LogP contribution is -2.02. The molecule has 0 bridgehead atoms. The predicted octanol–water partition coefficient (Wildman–Crippen LogP) is 8.30. The van der Waals surface area contributed by atoms with Crippen LogP contribution in [0.1, 0.15) is 25.3 Å². The Kier molecular flexibility index (Phi) is 6.53. The van der Waals surface area contributed by atoms with Crippen LogP contribution in [0.2, 0.25) is 0 Å². The number of ether oxygens (including phenoxy) is 1. The zero-order valence-corrected chi connectivity index (χ0v) is 20.7. The molecule has 3 N–H and O–H groups in total. The zero-order chi connectivity index (χ0) is 26.8. The van der Waals surface area contributed by atoms with Crippen LogP contribution < -0.4 is 4.74 Å². The zero-order valence-electron chi connectivity index (χ0n) is 20.7. The Hall–Kier alpha value is -5.11. The van der Waals surface area contributed by atoms with Gasteiger partial charge in [0.1, 0.15) is 11.4 Å². The molecule has 1 aromatic heterocycles. The molecular weight excluding hydrogens is 482 g/mol. The summed E-state index contributed by atoms with van der Waals surface area (Å²) < 4.78 is 6.45. The number of aromatic nitrogens is 1. The van der Waals surface area contributed by atoms with E-state index in [1.54, 1.807) is 34.9 Å². The number of phenolic OH excluding ortho intramolecular Hbond substituents is 1. The summed E-state index contributed by atoms with van der Waals surface area (Å²) >= 11 is 0. The van der Waals surface area contributed by atoms with E-state index in [1.807, 2.05) is 48.5 Å². The molecule has 0 fully saturated rings. The number of hydrogen-bond donors (Lipinski definition) is 3. The number of phenols is 1. The second-order valence-electron chi connectivity index (χ2n) is 9.04. The lowest BCUT2D eigenvalue weighted by molar-refractivity contribution is 0.144. The van der Waals surface area contributed by atoms with Crippen molar-refractivity contribution >= 4 is 28.4 Å². The summed E-state index contributed by atoms with van der Waals surface area (Å²) in [6, 6.07) is 26.8. The molecule has 1 heterocycles. The minimum atomic E-state index is -1.43. The van der Waals surface area contributed by atoms with Gasteiger partial charge in [-0.05, 0) is 53.4 Å². The summed E-state index contributed by atoms with van der Waals surface area (Å²) in [5.41, 5.74) is 4.18. The van der Waals surface area contributed by atoms with E-state index < -0.39 is 6.16 Å². The van der Waals surface area contributed by atoms with Crippen molar-refractivity contribution in [3.8, 4) is 34.2 Å². The van der Waals surface area contributed by atoms with Gasteiger partial charge >= 0.3 is 6.16 Å². The molecule has 0 aliphatic carbocycles. The molecule has 8 nitrogen and oxygen atoms in total. The Morgan fingerprint density at radius 3 is 2.34 bits per heavy atom. The van der Waals surface area contributed by atoms with E-state index in [-0.39, 0.29) is 28.8 Å². The standard InChI is InChI=1S/C30H25N3O5/c1-18(2)19-13-15-21(16-14-19)33-26-12-4-3-9-24(26)27(29(33)35)32-31-25-11-6-10-23(28(25)34)20-7-5-8-22(17-20)38-30(36)37/h3-18,34-35H,1-2H3,(H,36,37). The molecule has 190 valence electrons. The fourth-order valence-electron chi connectivity index (χ4n) is 4.35. The first-order valence-corrected chi connectivity index (χ1v) is 12.0. The van der Waals surface area contributed by atoms with Gasteiger partial charge in [-0.3, -0.25) is 4.57 Å². The number of azo groups is 1. The fourth-order valence-corrected chi connectivity index (χ4v) is 4.35. The van der Waals surface area contributed by atoms with Gasteiger partial charge in [0, 0.05) is 16.6 Å². The predicted molar refractivity (Wildman–Crippen MR) is 145 cm³/mol. The third kappa shape index (κ3) is 4.67. The Morgan fingerprint density at radius 1 is 0.868 bits per heavy atom. The van der Waals surface area contributed by atoms with Crippen molar-refractivity contribution in [2.45, 2.75) is 19.8 Å². The molecule has 0 spiro atoms. The van der Waals surface area contributed by atoms with Crippen molar-refractivity contribution in [2.24, 2.45) is 10.2 Å². The molecule has 38 heavy (non-hydrogen) atoms. The highest BCUT2D eigenvalue weighted by Crippen LogP contribution is 2.43. The van der Waals surface area contributed by atoms with Gasteiger partial charge in [0.05, 0.1) is 5.52 Å². The summed E-state index contributed by atoms with van der Waals surface area (Å²) in [6.07, 6.45) is -1.43. The monoisotopic (exact) mass is 507 g/mol. The van der Waals surface area contributed by atoms with Crippen molar-refractivity contribution in [1.29, 1.82) is 0 Å². The van der Waals surface area contributed by atoms with Crippen molar-refractivity contribution in [1.82, 2.24) is 4.57 Å². The summed E-state index contributed by atoms with van der Waals surface area (Å²) in [5, 5.41) is 40.4. The second kappa shape index (κ2) is 10.1. The van der Waals surface area contributed by atoms with Gasteiger partial charge in [-0.2, -0.15) is 0 Å². The fraction of sp³-hybridized carbons (Fsp3) is 0.100. The first kappa shape index (κ1) is 24.6. The van der Waals surface area contributed by atoms with Crippen LogP contribution in [-0.2, 0) is 0 Å². The smallest absolute Gasteiger partial charge is 0.505 e. The lowest BCUT2D eigenvalue weighted by atomic mass is 10.0. The Bertz CT molecular complexity index is 1670. The number of rotatable bonds is 6. The van der Waals surface area contributed by atoms with E-state index in [9.17, 15) is 15.0 Å². The number of aromatic hydroxyl groups is 2. The van der Waals surface area contributed by atoms with Crippen LogP contribution in [0.5, 0.6) is 17.4 Å². The SMILES string of the molecule is CC(C)c1ccc(-n2c(O)c(N=Nc3cccc(-c4cccc(OC(=O)O)c4)c3O)c3ccccc32)cc1. The van der Waals surface area contributed by atoms with Crippen LogP contribution in [0, 0.1) is 0 Å². The molecule has 5 rings (SSSR count). The second-order valence-corrected chi connectivity index (χ2v) is 9.04. The largest absolute Gasteiger partial charge is 0.511 e. The Morgan fingerprint density at radius 2 is 1.61 bits per heavy atom. The third-order valence-corrected chi connectivity index (χ3v) is 6.26. The van der Waals surface area contributed by atoms with E-state index in [4.69, 9.17) is 9.84 Å². The first-order chi connectivity index (χ1) is 18.3. The molecule has 0 amide bonds. The maximum Gasteiger partial charge on any atom is 0.511 e. The van der Waals surface area contributed by atoms with E-state index in [1.165, 1.54) is 17.7 Å². The summed E-state index contributed by atoms with van der Waals surface area (Å²) in [4.78, 5) is 10.9. The number of carboxylic acid groups (broad SMARTS) is 1. The highest BCUT2D eigenvalue weighted by Gasteiger charge is 2.18. The van der Waals surface area contributed by atoms with Crippen molar-refractivity contribution in [2.75, 3.05) is 0 Å². The average Bonchev–Trinajstić information content (AvgIpc) is 3.19. The molecule has 0 atom stereocenters. The van der Waals surface area contributed by atoms with E-state index >= 15 is 0 Å². The number of nitrogens with zero attached hydrogens (tertiary/aromatic N) is 3. The van der Waals surface area contributed by atoms with Gasteiger partial charge in [-0.1, -0.05) is 68.4 Å². The molecule has 0 aliphatic heterocycles. The molecule has 0 radical (unpaired) electrons. The normalized spacial score (nSPS) is 11.4. The van der Waals surface area contributed by atoms with Gasteiger partial charge in [0.15, 0.2) is 11.4 Å². The number of para-hydroxylation sites is 2. The van der Waals surface area contributed by atoms with Crippen LogP contribution in [-0.4, -0.2) is 26.0 Å². The molecule has 0 unspecified atom stereocenters. The molecule has 8 heteroatoms. The first-order valence-electron chi connectivity index (χ1n) is 12.0. The maximum atomic E-state index is 11.2. The summed E-state index contributed by atoms with van der Waals surface area (Å²) in [7, 11) is 0. The topological polar surface area (TPSA) is 117 Å². The van der Waals surface area contributed by atoms with E-state index in [2.05, 4.69) is 24.1 Å². The van der Waals surface area contributed by atoms with Gasteiger partial charge in [0.25, 0.3) is 0 Å². The van der Waals surface area contributed by atoms with Gasteiger partial charge in [-0.25, -0.2) is 4.79 Å². The van der Waals surface area contributed by atoms with Crippen LogP contribution >= 0.6 is 0 Å². The van der Waals surface area contributed by atoms with Crippen LogP contribution in [0.15, 0.2) is 101 Å². The highest BCUT2D eigenvalue weighted by atomic mass is 16.7. The quantitative estimate of drug-likeness (QED) is 0.121. The van der Waals surface area contributed by atoms with Crippen molar-refractivity contribution in [3.05, 3.63) is 96.6 Å². The molecule has 5 aromatic rings. The number of fused-ring (bicyclic) bond motifs is 1. The van der Waals surface area contributed by atoms with Gasteiger partial charge < -0.3 is 20.1 Å².